The van der Waals surface area contributed by atoms with Crippen molar-refractivity contribution in [2.24, 2.45) is 0 Å². The molecule has 1 heterocycles. The third-order valence-electron chi connectivity index (χ3n) is 3.57. The molecule has 5 nitrogen and oxygen atoms in total. The largest absolute Gasteiger partial charge is 0.490 e. The summed E-state index contributed by atoms with van der Waals surface area (Å²) in [5, 5.41) is -0.363. The van der Waals surface area contributed by atoms with Crippen LogP contribution in [0.1, 0.15) is 12.0 Å². The second kappa shape index (κ2) is 6.88. The minimum atomic E-state index is -4.57. The topological polar surface area (TPSA) is 64.6 Å². The van der Waals surface area contributed by atoms with Crippen LogP contribution in [0.3, 0.4) is 0 Å². The molecule has 0 saturated carbocycles. The maximum Gasteiger partial charge on any atom is 0.416 e. The number of fused-ring (bicyclic) bond motifs is 1. The molecule has 2 aromatic rings. The molecule has 140 valence electrons. The number of anilines is 1. The van der Waals surface area contributed by atoms with Crippen LogP contribution in [0.25, 0.3) is 0 Å². The summed E-state index contributed by atoms with van der Waals surface area (Å²) in [6.45, 7) is 0.840. The molecule has 0 saturated heterocycles. The van der Waals surface area contributed by atoms with Gasteiger partial charge in [0.15, 0.2) is 11.5 Å². The van der Waals surface area contributed by atoms with Gasteiger partial charge < -0.3 is 9.47 Å². The molecule has 0 unspecified atom stereocenters. The number of benzene rings is 2. The van der Waals surface area contributed by atoms with Crippen molar-refractivity contribution >= 4 is 27.3 Å². The van der Waals surface area contributed by atoms with Crippen LogP contribution in [0.5, 0.6) is 11.5 Å². The fraction of sp³-hybridized carbons (Fsp3) is 0.250. The van der Waals surface area contributed by atoms with Crippen LogP contribution in [-0.2, 0) is 16.2 Å². The normalized spacial score (nSPS) is 14.6. The smallest absolute Gasteiger partial charge is 0.416 e. The molecule has 1 N–H and O–H groups in total. The Morgan fingerprint density at radius 1 is 1.00 bits per heavy atom. The van der Waals surface area contributed by atoms with Crippen molar-refractivity contribution in [3.63, 3.8) is 0 Å². The zero-order valence-corrected chi connectivity index (χ0v) is 14.7. The van der Waals surface area contributed by atoms with Gasteiger partial charge >= 0.3 is 6.18 Å². The first kappa shape index (κ1) is 18.7. The van der Waals surface area contributed by atoms with E-state index < -0.39 is 21.8 Å². The number of alkyl halides is 3. The van der Waals surface area contributed by atoms with Gasteiger partial charge in [-0.15, -0.1) is 0 Å². The first-order valence-electron chi connectivity index (χ1n) is 7.46. The lowest BCUT2D eigenvalue weighted by molar-refractivity contribution is -0.137. The molecule has 0 radical (unpaired) electrons. The van der Waals surface area contributed by atoms with E-state index in [1.807, 2.05) is 0 Å². The first-order valence-corrected chi connectivity index (χ1v) is 9.32. The molecule has 0 bridgehead atoms. The second-order valence-corrected chi connectivity index (χ2v) is 7.55. The highest BCUT2D eigenvalue weighted by atomic mass is 35.5. The molecule has 0 aliphatic carbocycles. The van der Waals surface area contributed by atoms with Crippen LogP contribution in [0.2, 0.25) is 5.02 Å². The molecule has 0 fully saturated rings. The van der Waals surface area contributed by atoms with Crippen molar-refractivity contribution in [1.82, 2.24) is 0 Å². The zero-order valence-electron chi connectivity index (χ0n) is 13.1. The molecule has 1 aliphatic heterocycles. The van der Waals surface area contributed by atoms with Gasteiger partial charge in [0.2, 0.25) is 0 Å². The minimum absolute atomic E-state index is 0.127. The van der Waals surface area contributed by atoms with E-state index in [-0.39, 0.29) is 21.4 Å². The molecule has 2 aromatic carbocycles. The molecular weight excluding hydrogens is 395 g/mol. The van der Waals surface area contributed by atoms with E-state index in [2.05, 4.69) is 4.72 Å². The fourth-order valence-electron chi connectivity index (χ4n) is 2.29. The number of halogens is 4. The first-order chi connectivity index (χ1) is 12.2. The van der Waals surface area contributed by atoms with E-state index in [4.69, 9.17) is 21.1 Å². The van der Waals surface area contributed by atoms with Crippen LogP contribution in [0, 0.1) is 0 Å². The summed E-state index contributed by atoms with van der Waals surface area (Å²) in [5.74, 6) is 0.706. The number of sulfonamides is 1. The van der Waals surface area contributed by atoms with Crippen LogP contribution >= 0.6 is 11.6 Å². The number of hydrogen-bond acceptors (Lipinski definition) is 4. The van der Waals surface area contributed by atoms with Crippen molar-refractivity contribution in [2.45, 2.75) is 17.5 Å². The van der Waals surface area contributed by atoms with Crippen molar-refractivity contribution in [2.75, 3.05) is 17.9 Å². The minimum Gasteiger partial charge on any atom is -0.490 e. The lowest BCUT2D eigenvalue weighted by Crippen LogP contribution is -2.14. The predicted octanol–water partition coefficient (Wildman–Crippen LogP) is 4.32. The van der Waals surface area contributed by atoms with Gasteiger partial charge in [0.25, 0.3) is 10.0 Å². The van der Waals surface area contributed by atoms with Crippen molar-refractivity contribution in [3.05, 3.63) is 47.0 Å². The van der Waals surface area contributed by atoms with Crippen LogP contribution in [-0.4, -0.2) is 21.6 Å². The van der Waals surface area contributed by atoms with Crippen LogP contribution in [0.15, 0.2) is 41.3 Å². The Kier molecular flexibility index (Phi) is 4.94. The van der Waals surface area contributed by atoms with Crippen molar-refractivity contribution < 1.29 is 31.1 Å². The molecule has 0 amide bonds. The average Bonchev–Trinajstić information content (AvgIpc) is 2.80. The molecule has 10 heteroatoms. The molecule has 0 spiro atoms. The monoisotopic (exact) mass is 407 g/mol. The molecule has 1 aliphatic rings. The Morgan fingerprint density at radius 2 is 1.69 bits per heavy atom. The van der Waals surface area contributed by atoms with Crippen LogP contribution in [0.4, 0.5) is 18.9 Å². The molecule has 0 aromatic heterocycles. The molecular formula is C16H13ClF3NO4S. The lowest BCUT2D eigenvalue weighted by Gasteiger charge is -2.13. The predicted molar refractivity (Wildman–Crippen MR) is 89.3 cm³/mol. The Balaban J connectivity index is 1.89. The van der Waals surface area contributed by atoms with Crippen LogP contribution < -0.4 is 14.2 Å². The molecule has 0 atom stereocenters. The van der Waals surface area contributed by atoms with E-state index in [1.54, 1.807) is 0 Å². The second-order valence-electron chi connectivity index (χ2n) is 5.46. The average molecular weight is 408 g/mol. The Labute approximate surface area is 152 Å². The van der Waals surface area contributed by atoms with Gasteiger partial charge in [0.1, 0.15) is 0 Å². The Hall–Kier alpha value is -2.13. The van der Waals surface area contributed by atoms with E-state index >= 15 is 0 Å². The van der Waals surface area contributed by atoms with Crippen molar-refractivity contribution in [3.8, 4) is 11.5 Å². The van der Waals surface area contributed by atoms with Gasteiger partial charge in [0, 0.05) is 12.5 Å². The highest BCUT2D eigenvalue weighted by Crippen LogP contribution is 2.36. The van der Waals surface area contributed by atoms with Gasteiger partial charge in [-0.2, -0.15) is 13.2 Å². The number of nitrogens with one attached hydrogen (secondary N) is 1. The molecule has 26 heavy (non-hydrogen) atoms. The third kappa shape index (κ3) is 3.99. The summed E-state index contributed by atoms with van der Waals surface area (Å²) < 4.78 is 76.1. The SMILES string of the molecule is O=S(=O)(Nc1ccc(C(F)(F)F)cc1Cl)c1ccc2c(c1)OCCCO2. The van der Waals surface area contributed by atoms with E-state index in [9.17, 15) is 21.6 Å². The summed E-state index contributed by atoms with van der Waals surface area (Å²) in [5.41, 5.74) is -1.13. The van der Waals surface area contributed by atoms with Gasteiger partial charge in [0.05, 0.1) is 34.4 Å². The third-order valence-corrected chi connectivity index (χ3v) is 5.25. The van der Waals surface area contributed by atoms with Gasteiger partial charge in [-0.1, -0.05) is 11.6 Å². The lowest BCUT2D eigenvalue weighted by atomic mass is 10.2. The Bertz CT molecular complexity index is 932. The summed E-state index contributed by atoms with van der Waals surface area (Å²) in [4.78, 5) is -0.127. The fourth-order valence-corrected chi connectivity index (χ4v) is 3.67. The van der Waals surface area contributed by atoms with E-state index in [0.29, 0.717) is 31.5 Å². The number of hydrogen-bond donors (Lipinski definition) is 1. The Morgan fingerprint density at radius 3 is 2.35 bits per heavy atom. The van der Waals surface area contributed by atoms with E-state index in [1.165, 1.54) is 18.2 Å². The number of rotatable bonds is 3. The van der Waals surface area contributed by atoms with Gasteiger partial charge in [-0.25, -0.2) is 8.42 Å². The highest BCUT2D eigenvalue weighted by molar-refractivity contribution is 7.92. The summed E-state index contributed by atoms with van der Waals surface area (Å²) in [6.07, 6.45) is -3.91. The maximum atomic E-state index is 12.7. The van der Waals surface area contributed by atoms with Gasteiger partial charge in [-0.05, 0) is 30.3 Å². The van der Waals surface area contributed by atoms with Crippen molar-refractivity contribution in [1.29, 1.82) is 0 Å². The maximum absolute atomic E-state index is 12.7. The highest BCUT2D eigenvalue weighted by Gasteiger charge is 2.31. The van der Waals surface area contributed by atoms with Gasteiger partial charge in [-0.3, -0.25) is 4.72 Å². The number of ether oxygens (including phenoxy) is 2. The standard InChI is InChI=1S/C16H13ClF3NO4S/c17-12-8-10(16(18,19)20)2-4-13(12)21-26(22,23)11-3-5-14-15(9-11)25-7-1-6-24-14/h2-5,8-9,21H,1,6-7H2. The summed E-state index contributed by atoms with van der Waals surface area (Å²) in [7, 11) is -4.08. The summed E-state index contributed by atoms with van der Waals surface area (Å²) >= 11 is 5.79. The zero-order chi connectivity index (χ0) is 18.9. The molecule has 3 rings (SSSR count). The summed E-state index contributed by atoms with van der Waals surface area (Å²) in [6, 6.07) is 6.44. The van der Waals surface area contributed by atoms with E-state index in [0.717, 1.165) is 12.1 Å². The quantitative estimate of drug-likeness (QED) is 0.823.